The number of hydrogen-bond acceptors (Lipinski definition) is 6. The van der Waals surface area contributed by atoms with Gasteiger partial charge in [0.15, 0.2) is 11.8 Å². The first-order chi connectivity index (χ1) is 13.1. The maximum absolute atomic E-state index is 12.4. The molecule has 1 heterocycles. The Morgan fingerprint density at radius 2 is 1.82 bits per heavy atom. The molecule has 0 unspecified atom stereocenters. The van der Waals surface area contributed by atoms with Crippen LogP contribution in [0.15, 0.2) is 60.8 Å². The summed E-state index contributed by atoms with van der Waals surface area (Å²) in [6.07, 6.45) is 1.50. The molecular weight excluding hydrogens is 360 g/mol. The highest BCUT2D eigenvalue weighted by Gasteiger charge is 2.24. The topological polar surface area (TPSA) is 109 Å². The van der Waals surface area contributed by atoms with Gasteiger partial charge < -0.3 is 20.3 Å². The minimum atomic E-state index is -1.25. The second kappa shape index (κ2) is 9.48. The summed E-state index contributed by atoms with van der Waals surface area (Å²) in [5.74, 6) is -1.77. The Bertz CT molecular complexity index is 959. The number of nitrogens with zero attached hydrogens (tertiary/aromatic N) is 1. The number of pyridine rings is 1. The van der Waals surface area contributed by atoms with Gasteiger partial charge in [0.1, 0.15) is 12.1 Å². The molecule has 3 aromatic rings. The maximum Gasteiger partial charge on any atom is 0.331 e. The molecule has 2 aromatic carbocycles. The number of hydrogen-bond donors (Lipinski definition) is 3. The quantitative estimate of drug-likeness (QED) is 0.565. The number of phenolic OH excluding ortho intramolecular Hbond substituents is 1. The van der Waals surface area contributed by atoms with Gasteiger partial charge in [-0.1, -0.05) is 49.9 Å². The van der Waals surface area contributed by atoms with Gasteiger partial charge in [-0.2, -0.15) is 0 Å². The van der Waals surface area contributed by atoms with Gasteiger partial charge in [-0.3, -0.25) is 9.78 Å². The van der Waals surface area contributed by atoms with Gasteiger partial charge in [0, 0.05) is 11.6 Å². The predicted octanol–water partition coefficient (Wildman–Crippen LogP) is 2.41. The number of amides is 1. The number of fused-ring (bicyclic) bond motifs is 1. The van der Waals surface area contributed by atoms with Crippen molar-refractivity contribution in [3.63, 3.8) is 0 Å². The summed E-state index contributed by atoms with van der Waals surface area (Å²) in [6, 6.07) is 14.3. The number of aromatic nitrogens is 1. The Hall–Kier alpha value is -3.45. The van der Waals surface area contributed by atoms with Crippen LogP contribution in [0.2, 0.25) is 0 Å². The number of carbonyl (C=O) groups excluding carboxylic acids is 2. The van der Waals surface area contributed by atoms with E-state index in [2.05, 4.69) is 10.3 Å². The largest absolute Gasteiger partial charge is 0.505 e. The summed E-state index contributed by atoms with van der Waals surface area (Å²) in [5.41, 5.74) is 1.01. The summed E-state index contributed by atoms with van der Waals surface area (Å²) < 4.78 is 5.13. The molecule has 3 N–H and O–H groups in total. The third-order valence-electron chi connectivity index (χ3n) is 3.99. The second-order valence-electron chi connectivity index (χ2n) is 5.84. The first kappa shape index (κ1) is 20.9. The molecule has 0 aliphatic carbocycles. The van der Waals surface area contributed by atoms with E-state index in [1.807, 2.05) is 18.2 Å². The van der Waals surface area contributed by atoms with Gasteiger partial charge >= 0.3 is 5.97 Å². The lowest BCUT2D eigenvalue weighted by atomic mass is 10.1. The van der Waals surface area contributed by atoms with Crippen LogP contribution in [0.5, 0.6) is 5.75 Å². The zero-order chi connectivity index (χ0) is 19.2. The first-order valence-corrected chi connectivity index (χ1v) is 8.29. The lowest BCUT2D eigenvalue weighted by Crippen LogP contribution is -2.44. The van der Waals surface area contributed by atoms with Crippen LogP contribution in [0, 0.1) is 0 Å². The number of aliphatic hydroxyl groups is 1. The Morgan fingerprint density at radius 1 is 1.07 bits per heavy atom. The van der Waals surface area contributed by atoms with Crippen LogP contribution in [-0.2, 0) is 16.1 Å². The minimum absolute atomic E-state index is 0. The molecule has 1 aromatic heterocycles. The summed E-state index contributed by atoms with van der Waals surface area (Å²) in [4.78, 5) is 28.6. The Labute approximate surface area is 162 Å². The van der Waals surface area contributed by atoms with Crippen LogP contribution >= 0.6 is 0 Å². The van der Waals surface area contributed by atoms with Crippen LogP contribution in [0.4, 0.5) is 0 Å². The predicted molar refractivity (Wildman–Crippen MR) is 105 cm³/mol. The Kier molecular flexibility index (Phi) is 7.06. The zero-order valence-corrected chi connectivity index (χ0v) is 14.3. The van der Waals surface area contributed by atoms with E-state index in [4.69, 9.17) is 4.74 Å². The van der Waals surface area contributed by atoms with E-state index in [1.54, 1.807) is 30.3 Å². The van der Waals surface area contributed by atoms with Crippen LogP contribution in [0.25, 0.3) is 10.9 Å². The third kappa shape index (κ3) is 4.63. The molecule has 0 saturated carbocycles. The molecule has 0 radical (unpaired) electrons. The maximum atomic E-state index is 12.4. The van der Waals surface area contributed by atoms with Gasteiger partial charge in [-0.25, -0.2) is 4.79 Å². The standard InChI is InChI=1S/C20H18N2O5.CH4/c23-11-16(20(26)27-12-13-5-2-1-3-6-13)22-19(25)15-9-8-14-7-4-10-21-17(14)18(15)24;/h1-10,16,23-24H,11-12H2,(H,22,25);1H4/t16-;/m0./s1. The summed E-state index contributed by atoms with van der Waals surface area (Å²) in [7, 11) is 0. The highest BCUT2D eigenvalue weighted by atomic mass is 16.5. The highest BCUT2D eigenvalue weighted by Crippen LogP contribution is 2.26. The molecule has 0 bridgehead atoms. The van der Waals surface area contributed by atoms with Crippen LogP contribution in [0.1, 0.15) is 23.3 Å². The molecule has 7 heteroatoms. The average molecular weight is 382 g/mol. The summed E-state index contributed by atoms with van der Waals surface area (Å²) >= 11 is 0. The number of aromatic hydroxyl groups is 1. The SMILES string of the molecule is C.O=C(N[C@@H](CO)C(=O)OCc1ccccc1)c1ccc2cccnc2c1O. The van der Waals surface area contributed by atoms with E-state index in [9.17, 15) is 19.8 Å². The van der Waals surface area contributed by atoms with E-state index in [0.717, 1.165) is 5.56 Å². The van der Waals surface area contributed by atoms with Crippen LogP contribution in [-0.4, -0.2) is 39.7 Å². The molecule has 7 nitrogen and oxygen atoms in total. The lowest BCUT2D eigenvalue weighted by Gasteiger charge is -2.16. The van der Waals surface area contributed by atoms with Crippen molar-refractivity contribution < 1.29 is 24.5 Å². The van der Waals surface area contributed by atoms with E-state index >= 15 is 0 Å². The molecular formula is C21H22N2O5. The fourth-order valence-electron chi connectivity index (χ4n) is 2.56. The van der Waals surface area contributed by atoms with E-state index < -0.39 is 24.5 Å². The summed E-state index contributed by atoms with van der Waals surface area (Å²) in [6.45, 7) is -0.608. The molecule has 1 atom stereocenters. The van der Waals surface area contributed by atoms with Crippen molar-refractivity contribution in [3.05, 3.63) is 71.9 Å². The van der Waals surface area contributed by atoms with Crippen molar-refractivity contribution in [2.45, 2.75) is 20.1 Å². The normalized spacial score (nSPS) is 11.3. The van der Waals surface area contributed by atoms with Gasteiger partial charge in [0.25, 0.3) is 5.91 Å². The number of ether oxygens (including phenoxy) is 1. The van der Waals surface area contributed by atoms with Gasteiger partial charge in [-0.15, -0.1) is 0 Å². The fourth-order valence-corrected chi connectivity index (χ4v) is 2.56. The van der Waals surface area contributed by atoms with Crippen molar-refractivity contribution in [2.75, 3.05) is 6.61 Å². The number of rotatable bonds is 6. The molecule has 146 valence electrons. The molecule has 0 aliphatic rings. The second-order valence-corrected chi connectivity index (χ2v) is 5.84. The first-order valence-electron chi connectivity index (χ1n) is 8.29. The Balaban J connectivity index is 0.00000280. The molecule has 0 spiro atoms. The highest BCUT2D eigenvalue weighted by molar-refractivity contribution is 6.03. The fraction of sp³-hybridized carbons (Fsp3) is 0.190. The van der Waals surface area contributed by atoms with Crippen molar-refractivity contribution in [3.8, 4) is 5.75 Å². The number of phenols is 1. The van der Waals surface area contributed by atoms with E-state index in [-0.39, 0.29) is 30.9 Å². The van der Waals surface area contributed by atoms with E-state index in [0.29, 0.717) is 5.39 Å². The van der Waals surface area contributed by atoms with Crippen LogP contribution < -0.4 is 5.32 Å². The number of esters is 1. The van der Waals surface area contributed by atoms with Crippen molar-refractivity contribution in [1.29, 1.82) is 0 Å². The van der Waals surface area contributed by atoms with Crippen molar-refractivity contribution in [2.24, 2.45) is 0 Å². The minimum Gasteiger partial charge on any atom is -0.505 e. The number of carbonyl (C=O) groups is 2. The number of nitrogens with one attached hydrogen (secondary N) is 1. The molecule has 3 rings (SSSR count). The molecule has 1 amide bonds. The smallest absolute Gasteiger partial charge is 0.331 e. The van der Waals surface area contributed by atoms with Crippen molar-refractivity contribution in [1.82, 2.24) is 10.3 Å². The zero-order valence-electron chi connectivity index (χ0n) is 14.3. The van der Waals surface area contributed by atoms with Gasteiger partial charge in [0.05, 0.1) is 12.2 Å². The molecule has 0 aliphatic heterocycles. The lowest BCUT2D eigenvalue weighted by molar-refractivity contribution is -0.148. The van der Waals surface area contributed by atoms with E-state index in [1.165, 1.54) is 12.3 Å². The third-order valence-corrected chi connectivity index (χ3v) is 3.99. The van der Waals surface area contributed by atoms with Crippen molar-refractivity contribution >= 4 is 22.8 Å². The Morgan fingerprint density at radius 3 is 2.54 bits per heavy atom. The van der Waals surface area contributed by atoms with Gasteiger partial charge in [-0.05, 0) is 17.7 Å². The summed E-state index contributed by atoms with van der Waals surface area (Å²) in [5, 5.41) is 22.8. The molecule has 28 heavy (non-hydrogen) atoms. The van der Waals surface area contributed by atoms with Gasteiger partial charge in [0.2, 0.25) is 0 Å². The molecule has 0 saturated heterocycles. The monoisotopic (exact) mass is 382 g/mol. The van der Waals surface area contributed by atoms with Crippen LogP contribution in [0.3, 0.4) is 0 Å². The number of aliphatic hydroxyl groups excluding tert-OH is 1. The average Bonchev–Trinajstić information content (AvgIpc) is 2.71. The molecule has 0 fully saturated rings. The number of benzene rings is 2.